The summed E-state index contributed by atoms with van der Waals surface area (Å²) in [5, 5.41) is 10.2. The monoisotopic (exact) mass is 372 g/mol. The molecule has 3 N–H and O–H groups in total. The van der Waals surface area contributed by atoms with Crippen LogP contribution in [0.4, 0.5) is 18.9 Å². The molecule has 0 saturated heterocycles. The second kappa shape index (κ2) is 8.30. The number of hydrogen-bond donors (Lipinski definition) is 3. The van der Waals surface area contributed by atoms with Crippen LogP contribution in [0.2, 0.25) is 0 Å². The van der Waals surface area contributed by atoms with Crippen molar-refractivity contribution in [1.82, 2.24) is 15.1 Å². The van der Waals surface area contributed by atoms with Crippen LogP contribution in [-0.2, 0) is 6.18 Å². The van der Waals surface area contributed by atoms with Crippen LogP contribution in [0, 0.1) is 0 Å². The predicted molar refractivity (Wildman–Crippen MR) is 95.1 cm³/mol. The van der Waals surface area contributed by atoms with E-state index in [2.05, 4.69) is 29.8 Å². The molecule has 0 aliphatic carbocycles. The summed E-state index contributed by atoms with van der Waals surface area (Å²) < 4.78 is 40.5. The molecule has 1 aromatic carbocycles. The van der Waals surface area contributed by atoms with Gasteiger partial charge in [-0.1, -0.05) is 0 Å². The first-order valence-electron chi connectivity index (χ1n) is 7.82. The Morgan fingerprint density at radius 3 is 2.68 bits per heavy atom. The molecule has 0 saturated carbocycles. The molecule has 0 spiro atoms. The SMILES string of the molecule is C[NH+](C)CCCNC(=S)Nc1cc(C(F)(F)F)ccc1-n1cccn1. The van der Waals surface area contributed by atoms with Gasteiger partial charge < -0.3 is 15.5 Å². The van der Waals surface area contributed by atoms with Crippen LogP contribution in [0.1, 0.15) is 12.0 Å². The lowest BCUT2D eigenvalue weighted by molar-refractivity contribution is -0.858. The molecule has 5 nitrogen and oxygen atoms in total. The van der Waals surface area contributed by atoms with E-state index in [1.807, 2.05) is 0 Å². The summed E-state index contributed by atoms with van der Waals surface area (Å²) in [5.41, 5.74) is -0.0148. The first-order valence-corrected chi connectivity index (χ1v) is 8.23. The first kappa shape index (κ1) is 19.2. The van der Waals surface area contributed by atoms with Crippen molar-refractivity contribution < 1.29 is 18.1 Å². The topological polar surface area (TPSA) is 46.3 Å². The number of thiocarbonyl (C=S) groups is 1. The van der Waals surface area contributed by atoms with Gasteiger partial charge in [0, 0.05) is 25.4 Å². The number of aromatic nitrogens is 2. The van der Waals surface area contributed by atoms with Crippen LogP contribution in [0.3, 0.4) is 0 Å². The van der Waals surface area contributed by atoms with Crippen molar-refractivity contribution >= 4 is 23.0 Å². The molecule has 0 radical (unpaired) electrons. The molecule has 9 heteroatoms. The largest absolute Gasteiger partial charge is 0.416 e. The van der Waals surface area contributed by atoms with Gasteiger partial charge in [-0.25, -0.2) is 4.68 Å². The lowest BCUT2D eigenvalue weighted by Gasteiger charge is -2.16. The van der Waals surface area contributed by atoms with E-state index in [0.717, 1.165) is 25.1 Å². The zero-order valence-electron chi connectivity index (χ0n) is 14.0. The zero-order valence-corrected chi connectivity index (χ0v) is 14.8. The Morgan fingerprint density at radius 2 is 2.08 bits per heavy atom. The number of halogens is 3. The zero-order chi connectivity index (χ0) is 18.4. The minimum absolute atomic E-state index is 0.245. The Hall–Kier alpha value is -2.13. The smallest absolute Gasteiger partial charge is 0.362 e. The second-order valence-electron chi connectivity index (χ2n) is 5.87. The van der Waals surface area contributed by atoms with Crippen molar-refractivity contribution in [3.8, 4) is 5.69 Å². The van der Waals surface area contributed by atoms with Gasteiger partial charge in [0.25, 0.3) is 0 Å². The normalized spacial score (nSPS) is 11.6. The number of nitrogens with one attached hydrogen (secondary N) is 3. The number of anilines is 1. The van der Waals surface area contributed by atoms with Gasteiger partial charge >= 0.3 is 6.18 Å². The van der Waals surface area contributed by atoms with E-state index in [-0.39, 0.29) is 10.8 Å². The van der Waals surface area contributed by atoms with E-state index in [4.69, 9.17) is 12.2 Å². The first-order chi connectivity index (χ1) is 11.8. The van der Waals surface area contributed by atoms with Crippen LogP contribution in [0.5, 0.6) is 0 Å². The lowest BCUT2D eigenvalue weighted by atomic mass is 10.1. The minimum atomic E-state index is -4.43. The Morgan fingerprint density at radius 1 is 1.32 bits per heavy atom. The van der Waals surface area contributed by atoms with Crippen LogP contribution >= 0.6 is 12.2 Å². The summed E-state index contributed by atoms with van der Waals surface area (Å²) in [6.45, 7) is 1.62. The molecular weight excluding hydrogens is 351 g/mol. The van der Waals surface area contributed by atoms with Crippen molar-refractivity contribution in [2.75, 3.05) is 32.5 Å². The standard InChI is InChI=1S/C16H20F3N5S/c1-23(2)9-3-7-20-15(25)22-13-11-12(16(17,18)19)5-6-14(13)24-10-4-8-21-24/h4-6,8,10-11H,3,7,9H2,1-2H3,(H2,20,22,25)/p+1. The predicted octanol–water partition coefficient (Wildman–Crippen LogP) is 1.71. The molecule has 2 rings (SSSR count). The number of alkyl halides is 3. The van der Waals surface area contributed by atoms with Gasteiger partial charge in [-0.15, -0.1) is 0 Å². The average Bonchev–Trinajstić information content (AvgIpc) is 3.04. The number of benzene rings is 1. The molecule has 0 amide bonds. The summed E-state index contributed by atoms with van der Waals surface area (Å²) in [6.07, 6.45) is -0.312. The molecule has 0 aliphatic heterocycles. The van der Waals surface area contributed by atoms with Gasteiger partial charge in [-0.2, -0.15) is 18.3 Å². The maximum atomic E-state index is 13.0. The molecule has 0 aliphatic rings. The number of nitrogens with zero attached hydrogens (tertiary/aromatic N) is 2. The van der Waals surface area contributed by atoms with Gasteiger partial charge in [0.05, 0.1) is 37.6 Å². The van der Waals surface area contributed by atoms with Crippen molar-refractivity contribution in [1.29, 1.82) is 0 Å². The summed E-state index contributed by atoms with van der Waals surface area (Å²) in [4.78, 5) is 1.32. The fourth-order valence-electron chi connectivity index (χ4n) is 2.23. The highest BCUT2D eigenvalue weighted by Gasteiger charge is 2.31. The Labute approximate surface area is 149 Å². The molecule has 0 atom stereocenters. The summed E-state index contributed by atoms with van der Waals surface area (Å²) in [6, 6.07) is 5.13. The quantitative estimate of drug-likeness (QED) is 0.534. The molecular formula is C16H21F3N5S+. The highest BCUT2D eigenvalue weighted by Crippen LogP contribution is 2.33. The molecule has 1 heterocycles. The van der Waals surface area contributed by atoms with Gasteiger partial charge in [-0.05, 0) is 36.5 Å². The third kappa shape index (κ3) is 5.71. The van der Waals surface area contributed by atoms with Crippen LogP contribution < -0.4 is 15.5 Å². The van der Waals surface area contributed by atoms with Crippen molar-refractivity contribution in [2.24, 2.45) is 0 Å². The Balaban J connectivity index is 2.14. The fourth-order valence-corrected chi connectivity index (χ4v) is 2.45. The van der Waals surface area contributed by atoms with E-state index >= 15 is 0 Å². The molecule has 1 aromatic heterocycles. The van der Waals surface area contributed by atoms with Crippen molar-refractivity contribution in [2.45, 2.75) is 12.6 Å². The third-order valence-corrected chi connectivity index (χ3v) is 3.71. The van der Waals surface area contributed by atoms with Gasteiger partial charge in [0.1, 0.15) is 0 Å². The minimum Gasteiger partial charge on any atom is -0.362 e. The Kier molecular flexibility index (Phi) is 6.38. The van der Waals surface area contributed by atoms with E-state index < -0.39 is 11.7 Å². The maximum Gasteiger partial charge on any atom is 0.416 e. The summed E-state index contributed by atoms with van der Waals surface area (Å²) in [7, 11) is 4.10. The third-order valence-electron chi connectivity index (χ3n) is 3.46. The molecule has 0 unspecified atom stereocenters. The highest BCUT2D eigenvalue weighted by atomic mass is 32.1. The molecule has 136 valence electrons. The number of quaternary nitrogens is 1. The van der Waals surface area contributed by atoms with Crippen LogP contribution in [0.15, 0.2) is 36.7 Å². The van der Waals surface area contributed by atoms with Gasteiger partial charge in [0.2, 0.25) is 0 Å². The molecule has 2 aromatic rings. The fraction of sp³-hybridized carbons (Fsp3) is 0.375. The van der Waals surface area contributed by atoms with E-state index in [0.29, 0.717) is 12.2 Å². The molecule has 25 heavy (non-hydrogen) atoms. The van der Waals surface area contributed by atoms with E-state index in [1.165, 1.54) is 15.6 Å². The molecule has 0 bridgehead atoms. The van der Waals surface area contributed by atoms with Gasteiger partial charge in [-0.3, -0.25) is 0 Å². The van der Waals surface area contributed by atoms with Crippen molar-refractivity contribution in [3.63, 3.8) is 0 Å². The average molecular weight is 372 g/mol. The van der Waals surface area contributed by atoms with Crippen LogP contribution in [0.25, 0.3) is 5.69 Å². The maximum absolute atomic E-state index is 13.0. The highest BCUT2D eigenvalue weighted by molar-refractivity contribution is 7.80. The lowest BCUT2D eigenvalue weighted by Crippen LogP contribution is -3.05. The number of hydrogen-bond acceptors (Lipinski definition) is 2. The Bertz CT molecular complexity index is 698. The van der Waals surface area contributed by atoms with Crippen LogP contribution in [-0.4, -0.2) is 42.1 Å². The van der Waals surface area contributed by atoms with E-state index in [9.17, 15) is 13.2 Å². The number of rotatable bonds is 6. The summed E-state index contributed by atoms with van der Waals surface area (Å²) in [5.74, 6) is 0. The second-order valence-corrected chi connectivity index (χ2v) is 6.28. The van der Waals surface area contributed by atoms with Crippen molar-refractivity contribution in [3.05, 3.63) is 42.2 Å². The summed E-state index contributed by atoms with van der Waals surface area (Å²) >= 11 is 5.20. The van der Waals surface area contributed by atoms with Gasteiger partial charge in [0.15, 0.2) is 5.11 Å². The van der Waals surface area contributed by atoms with E-state index in [1.54, 1.807) is 18.5 Å². The molecule has 0 fully saturated rings.